The number of rotatable bonds is 2. The molecule has 14 heavy (non-hydrogen) atoms. The number of aromatic nitrogens is 1. The number of hydrogen-bond acceptors (Lipinski definition) is 3. The molecule has 0 amide bonds. The van der Waals surface area contributed by atoms with Gasteiger partial charge < -0.3 is 15.0 Å². The maximum atomic E-state index is 11.4. The Hall–Kier alpha value is -1.29. The van der Waals surface area contributed by atoms with E-state index in [1.165, 1.54) is 6.07 Å². The van der Waals surface area contributed by atoms with Crippen LogP contribution in [-0.4, -0.2) is 17.8 Å². The van der Waals surface area contributed by atoms with Gasteiger partial charge in [0.05, 0.1) is 6.61 Å². The summed E-state index contributed by atoms with van der Waals surface area (Å²) in [6.45, 7) is 2.27. The zero-order valence-electron chi connectivity index (χ0n) is 7.98. The van der Waals surface area contributed by atoms with Crippen molar-refractivity contribution >= 4 is 5.69 Å². The van der Waals surface area contributed by atoms with Gasteiger partial charge in [-0.25, -0.2) is 0 Å². The SMILES string of the molecule is Nc1ccc(=O)n(CC2CCOC2)c1. The van der Waals surface area contributed by atoms with Crippen molar-refractivity contribution in [2.24, 2.45) is 5.92 Å². The molecule has 1 aromatic rings. The van der Waals surface area contributed by atoms with Crippen LogP contribution in [-0.2, 0) is 11.3 Å². The molecule has 1 saturated heterocycles. The number of nitrogen functional groups attached to an aromatic ring is 1. The molecule has 1 aliphatic rings. The van der Waals surface area contributed by atoms with Gasteiger partial charge in [0.15, 0.2) is 0 Å². The first-order chi connectivity index (χ1) is 6.75. The summed E-state index contributed by atoms with van der Waals surface area (Å²) in [6.07, 6.45) is 2.72. The molecule has 0 bridgehead atoms. The molecule has 0 radical (unpaired) electrons. The second-order valence-electron chi connectivity index (χ2n) is 3.68. The Kier molecular flexibility index (Phi) is 2.54. The lowest BCUT2D eigenvalue weighted by atomic mass is 10.1. The minimum atomic E-state index is 0.00565. The summed E-state index contributed by atoms with van der Waals surface area (Å²) < 4.78 is 6.91. The monoisotopic (exact) mass is 194 g/mol. The fraction of sp³-hybridized carbons (Fsp3) is 0.500. The van der Waals surface area contributed by atoms with E-state index in [1.54, 1.807) is 16.8 Å². The lowest BCUT2D eigenvalue weighted by molar-refractivity contribution is 0.182. The van der Waals surface area contributed by atoms with Crippen LogP contribution in [0.1, 0.15) is 6.42 Å². The molecule has 1 aliphatic heterocycles. The molecule has 4 nitrogen and oxygen atoms in total. The normalized spacial score (nSPS) is 21.3. The largest absolute Gasteiger partial charge is 0.398 e. The molecule has 4 heteroatoms. The number of nitrogens with two attached hydrogens (primary N) is 1. The molecule has 1 fully saturated rings. The Morgan fingerprint density at radius 2 is 2.43 bits per heavy atom. The molecular formula is C10H14N2O2. The lowest BCUT2D eigenvalue weighted by Gasteiger charge is -2.10. The van der Waals surface area contributed by atoms with E-state index >= 15 is 0 Å². The fourth-order valence-electron chi connectivity index (χ4n) is 1.70. The molecule has 2 N–H and O–H groups in total. The van der Waals surface area contributed by atoms with Gasteiger partial charge in [-0.3, -0.25) is 4.79 Å². The average molecular weight is 194 g/mol. The van der Waals surface area contributed by atoms with Crippen molar-refractivity contribution in [3.63, 3.8) is 0 Å². The highest BCUT2D eigenvalue weighted by atomic mass is 16.5. The first-order valence-corrected chi connectivity index (χ1v) is 4.79. The predicted octanol–water partition coefficient (Wildman–Crippen LogP) is 0.467. The van der Waals surface area contributed by atoms with Crippen LogP contribution in [0.2, 0.25) is 0 Å². The number of anilines is 1. The standard InChI is InChI=1S/C10H14N2O2/c11-9-1-2-10(13)12(6-9)5-8-3-4-14-7-8/h1-2,6,8H,3-5,7,11H2. The summed E-state index contributed by atoms with van der Waals surface area (Å²) in [7, 11) is 0. The second kappa shape index (κ2) is 3.84. The van der Waals surface area contributed by atoms with Crippen molar-refractivity contribution in [3.8, 4) is 0 Å². The van der Waals surface area contributed by atoms with Crippen LogP contribution in [0.4, 0.5) is 5.69 Å². The summed E-state index contributed by atoms with van der Waals surface area (Å²) in [6, 6.07) is 3.13. The van der Waals surface area contributed by atoms with Crippen LogP contribution in [0.25, 0.3) is 0 Å². The molecule has 1 atom stereocenters. The van der Waals surface area contributed by atoms with Gasteiger partial charge in [-0.1, -0.05) is 0 Å². The molecule has 76 valence electrons. The highest BCUT2D eigenvalue weighted by Crippen LogP contribution is 2.14. The van der Waals surface area contributed by atoms with Crippen LogP contribution in [0, 0.1) is 5.92 Å². The van der Waals surface area contributed by atoms with Gasteiger partial charge >= 0.3 is 0 Å². The number of pyridine rings is 1. The average Bonchev–Trinajstić information content (AvgIpc) is 2.64. The molecule has 1 unspecified atom stereocenters. The van der Waals surface area contributed by atoms with Crippen molar-refractivity contribution in [2.45, 2.75) is 13.0 Å². The van der Waals surface area contributed by atoms with Gasteiger partial charge in [0, 0.05) is 37.0 Å². The van der Waals surface area contributed by atoms with Gasteiger partial charge in [0.25, 0.3) is 5.56 Å². The molecule has 0 saturated carbocycles. The Labute approximate surface area is 82.3 Å². The summed E-state index contributed by atoms with van der Waals surface area (Å²) in [5.41, 5.74) is 6.24. The van der Waals surface area contributed by atoms with Crippen molar-refractivity contribution in [2.75, 3.05) is 18.9 Å². The molecule has 1 aromatic heterocycles. The number of hydrogen-bond donors (Lipinski definition) is 1. The van der Waals surface area contributed by atoms with Crippen molar-refractivity contribution in [1.82, 2.24) is 4.57 Å². The Morgan fingerprint density at radius 3 is 3.14 bits per heavy atom. The summed E-state index contributed by atoms with van der Waals surface area (Å²) in [5.74, 6) is 0.453. The smallest absolute Gasteiger partial charge is 0.250 e. The first-order valence-electron chi connectivity index (χ1n) is 4.79. The van der Waals surface area contributed by atoms with Crippen LogP contribution in [0.3, 0.4) is 0 Å². The summed E-state index contributed by atoms with van der Waals surface area (Å²) in [5, 5.41) is 0. The molecule has 2 heterocycles. The van der Waals surface area contributed by atoms with Gasteiger partial charge in [0.2, 0.25) is 0 Å². The molecule has 0 aromatic carbocycles. The minimum absolute atomic E-state index is 0.00565. The van der Waals surface area contributed by atoms with Crippen molar-refractivity contribution < 1.29 is 4.74 Å². The predicted molar refractivity (Wildman–Crippen MR) is 54.0 cm³/mol. The molecule has 2 rings (SSSR count). The zero-order valence-corrected chi connectivity index (χ0v) is 7.98. The van der Waals surface area contributed by atoms with E-state index in [0.717, 1.165) is 19.6 Å². The van der Waals surface area contributed by atoms with Gasteiger partial charge in [-0.15, -0.1) is 0 Å². The topological polar surface area (TPSA) is 57.2 Å². The second-order valence-corrected chi connectivity index (χ2v) is 3.68. The maximum Gasteiger partial charge on any atom is 0.250 e. The van der Waals surface area contributed by atoms with Crippen molar-refractivity contribution in [3.05, 3.63) is 28.7 Å². The fourth-order valence-corrected chi connectivity index (χ4v) is 1.70. The van der Waals surface area contributed by atoms with E-state index < -0.39 is 0 Å². The third-order valence-corrected chi connectivity index (χ3v) is 2.49. The molecular weight excluding hydrogens is 180 g/mol. The van der Waals surface area contributed by atoms with Crippen molar-refractivity contribution in [1.29, 1.82) is 0 Å². The Morgan fingerprint density at radius 1 is 1.57 bits per heavy atom. The van der Waals surface area contributed by atoms with E-state index in [1.807, 2.05) is 0 Å². The van der Waals surface area contributed by atoms with Crippen LogP contribution in [0.5, 0.6) is 0 Å². The van der Waals surface area contributed by atoms with Crippen LogP contribution < -0.4 is 11.3 Å². The molecule has 0 spiro atoms. The third kappa shape index (κ3) is 1.96. The number of ether oxygens (including phenoxy) is 1. The quantitative estimate of drug-likeness (QED) is 0.744. The van der Waals surface area contributed by atoms with Crippen LogP contribution >= 0.6 is 0 Å². The molecule has 0 aliphatic carbocycles. The zero-order chi connectivity index (χ0) is 9.97. The highest BCUT2D eigenvalue weighted by Gasteiger charge is 2.16. The van der Waals surface area contributed by atoms with E-state index in [4.69, 9.17) is 10.5 Å². The Bertz CT molecular complexity index is 367. The van der Waals surface area contributed by atoms with Crippen LogP contribution in [0.15, 0.2) is 23.1 Å². The van der Waals surface area contributed by atoms with Gasteiger partial charge in [0.1, 0.15) is 0 Å². The third-order valence-electron chi connectivity index (χ3n) is 2.49. The minimum Gasteiger partial charge on any atom is -0.398 e. The van der Waals surface area contributed by atoms with E-state index in [0.29, 0.717) is 18.2 Å². The number of nitrogens with zero attached hydrogens (tertiary/aromatic N) is 1. The lowest BCUT2D eigenvalue weighted by Crippen LogP contribution is -2.23. The van der Waals surface area contributed by atoms with Gasteiger partial charge in [-0.05, 0) is 12.5 Å². The van der Waals surface area contributed by atoms with E-state index in [2.05, 4.69) is 0 Å². The Balaban J connectivity index is 2.15. The first kappa shape index (κ1) is 9.27. The van der Waals surface area contributed by atoms with E-state index in [9.17, 15) is 4.79 Å². The maximum absolute atomic E-state index is 11.4. The highest BCUT2D eigenvalue weighted by molar-refractivity contribution is 5.33. The summed E-state index contributed by atoms with van der Waals surface area (Å²) in [4.78, 5) is 11.4. The summed E-state index contributed by atoms with van der Waals surface area (Å²) >= 11 is 0. The van der Waals surface area contributed by atoms with E-state index in [-0.39, 0.29) is 5.56 Å². The van der Waals surface area contributed by atoms with Gasteiger partial charge in [-0.2, -0.15) is 0 Å².